The summed E-state index contributed by atoms with van der Waals surface area (Å²) in [4.78, 5) is 16.5. The van der Waals surface area contributed by atoms with E-state index in [1.165, 1.54) is 17.8 Å². The van der Waals surface area contributed by atoms with Crippen molar-refractivity contribution in [2.45, 2.75) is 37.5 Å². The summed E-state index contributed by atoms with van der Waals surface area (Å²) >= 11 is 1.64. The Bertz CT molecular complexity index is 395. The van der Waals surface area contributed by atoms with Gasteiger partial charge >= 0.3 is 5.97 Å². The first-order valence-electron chi connectivity index (χ1n) is 4.98. The highest BCUT2D eigenvalue weighted by Gasteiger charge is 2.35. The molecule has 3 rings (SSSR count). The number of nitrogens with zero attached hydrogens (tertiary/aromatic N) is 1. The predicted molar refractivity (Wildman–Crippen MR) is 52.8 cm³/mol. The Hall–Kier alpha value is -0.900. The zero-order chi connectivity index (χ0) is 9.71. The minimum atomic E-state index is -0.685. The van der Waals surface area contributed by atoms with Crippen LogP contribution in [0.3, 0.4) is 0 Å². The number of carbonyl (C=O) groups is 1. The molecule has 2 aliphatic carbocycles. The molecule has 3 nitrogen and oxygen atoms in total. The van der Waals surface area contributed by atoms with Gasteiger partial charge in [0.15, 0.2) is 0 Å². The highest BCUT2D eigenvalue weighted by Crippen LogP contribution is 2.46. The molecule has 0 saturated heterocycles. The van der Waals surface area contributed by atoms with E-state index in [9.17, 15) is 4.79 Å². The van der Waals surface area contributed by atoms with Gasteiger partial charge in [0.2, 0.25) is 0 Å². The third-order valence-corrected chi connectivity index (χ3v) is 4.33. The lowest BCUT2D eigenvalue weighted by molar-refractivity contribution is -0.138. The molecule has 2 aliphatic rings. The second-order valence-electron chi connectivity index (χ2n) is 4.07. The average Bonchev–Trinajstić information content (AvgIpc) is 2.76. The van der Waals surface area contributed by atoms with Gasteiger partial charge < -0.3 is 5.11 Å². The lowest BCUT2D eigenvalue weighted by Crippen LogP contribution is -2.06. The molecule has 1 atom stereocenters. The molecule has 0 amide bonds. The molecular weight excluding hydrogens is 198 g/mol. The lowest BCUT2D eigenvalue weighted by Gasteiger charge is -2.00. The van der Waals surface area contributed by atoms with E-state index < -0.39 is 5.97 Å². The summed E-state index contributed by atoms with van der Waals surface area (Å²) in [7, 11) is 0. The molecule has 0 radical (unpaired) electrons. The van der Waals surface area contributed by atoms with Gasteiger partial charge in [-0.2, -0.15) is 0 Å². The van der Waals surface area contributed by atoms with Crippen molar-refractivity contribution in [1.82, 2.24) is 4.98 Å². The molecule has 4 heteroatoms. The Morgan fingerprint density at radius 3 is 2.86 bits per heavy atom. The van der Waals surface area contributed by atoms with Crippen LogP contribution in [-0.4, -0.2) is 16.1 Å². The van der Waals surface area contributed by atoms with Crippen molar-refractivity contribution >= 4 is 17.3 Å². The average molecular weight is 209 g/mol. The number of aliphatic carboxylic acids is 1. The lowest BCUT2D eigenvalue weighted by atomic mass is 10.1. The first-order chi connectivity index (χ1) is 6.75. The summed E-state index contributed by atoms with van der Waals surface area (Å²) in [6.07, 6.45) is 4.08. The molecule has 1 aromatic rings. The van der Waals surface area contributed by atoms with Crippen LogP contribution < -0.4 is 0 Å². The smallest absolute Gasteiger partial charge is 0.311 e. The molecule has 0 aromatic carbocycles. The van der Waals surface area contributed by atoms with Crippen molar-refractivity contribution in [3.8, 4) is 0 Å². The molecule has 1 N–H and O–H groups in total. The summed E-state index contributed by atoms with van der Waals surface area (Å²) < 4.78 is 0. The fourth-order valence-corrected chi connectivity index (χ4v) is 3.40. The number of carboxylic acids is 1. The van der Waals surface area contributed by atoms with Crippen LogP contribution in [0, 0.1) is 0 Å². The monoisotopic (exact) mass is 209 g/mol. The Morgan fingerprint density at radius 2 is 2.21 bits per heavy atom. The maximum absolute atomic E-state index is 10.9. The van der Waals surface area contributed by atoms with Gasteiger partial charge in [-0.05, 0) is 25.7 Å². The highest BCUT2D eigenvalue weighted by atomic mass is 32.1. The van der Waals surface area contributed by atoms with Crippen molar-refractivity contribution in [1.29, 1.82) is 0 Å². The second kappa shape index (κ2) is 2.79. The van der Waals surface area contributed by atoms with Crippen LogP contribution >= 0.6 is 11.3 Å². The molecular formula is C10H11NO2S. The van der Waals surface area contributed by atoms with Crippen LogP contribution in [0.1, 0.15) is 46.7 Å². The summed E-state index contributed by atoms with van der Waals surface area (Å²) in [6, 6.07) is 0. The number of hydrogen-bond acceptors (Lipinski definition) is 3. The molecule has 1 heterocycles. The Kier molecular flexibility index (Phi) is 1.68. The van der Waals surface area contributed by atoms with Gasteiger partial charge in [-0.25, -0.2) is 4.98 Å². The Morgan fingerprint density at radius 1 is 1.43 bits per heavy atom. The molecule has 0 bridgehead atoms. The van der Waals surface area contributed by atoms with E-state index in [0.717, 1.165) is 23.4 Å². The summed E-state index contributed by atoms with van der Waals surface area (Å²) in [5.41, 5.74) is 1.06. The minimum absolute atomic E-state index is 0.269. The zero-order valence-corrected chi connectivity index (χ0v) is 8.51. The van der Waals surface area contributed by atoms with E-state index in [1.807, 2.05) is 0 Å². The molecule has 1 unspecified atom stereocenters. The largest absolute Gasteiger partial charge is 0.481 e. The van der Waals surface area contributed by atoms with E-state index >= 15 is 0 Å². The van der Waals surface area contributed by atoms with Gasteiger partial charge in [0.25, 0.3) is 0 Å². The second-order valence-corrected chi connectivity index (χ2v) is 5.13. The first-order valence-corrected chi connectivity index (χ1v) is 5.79. The number of carboxylic acid groups (broad SMARTS) is 1. The van der Waals surface area contributed by atoms with Crippen LogP contribution in [0.15, 0.2) is 0 Å². The molecule has 1 saturated carbocycles. The zero-order valence-electron chi connectivity index (χ0n) is 7.69. The van der Waals surface area contributed by atoms with Crippen molar-refractivity contribution in [3.05, 3.63) is 15.6 Å². The van der Waals surface area contributed by atoms with Gasteiger partial charge in [0.05, 0.1) is 16.6 Å². The van der Waals surface area contributed by atoms with Gasteiger partial charge in [-0.3, -0.25) is 4.79 Å². The number of thiazole rings is 1. The van der Waals surface area contributed by atoms with Crippen LogP contribution in [0.2, 0.25) is 0 Å². The van der Waals surface area contributed by atoms with E-state index in [4.69, 9.17) is 5.11 Å². The standard InChI is InChI=1S/C10H11NO2S/c12-10(13)6-3-4-7-8(6)14-9(11-7)5-1-2-5/h5-6H,1-4H2,(H,12,13). The molecule has 0 spiro atoms. The molecule has 1 fully saturated rings. The van der Waals surface area contributed by atoms with E-state index in [2.05, 4.69) is 4.98 Å². The number of aromatic nitrogens is 1. The van der Waals surface area contributed by atoms with E-state index in [0.29, 0.717) is 5.92 Å². The van der Waals surface area contributed by atoms with Gasteiger partial charge in [0, 0.05) is 10.8 Å². The van der Waals surface area contributed by atoms with Gasteiger partial charge in [-0.1, -0.05) is 0 Å². The van der Waals surface area contributed by atoms with Crippen molar-refractivity contribution in [3.63, 3.8) is 0 Å². The summed E-state index contributed by atoms with van der Waals surface area (Å²) in [5.74, 6) is -0.301. The SMILES string of the molecule is O=C(O)C1CCc2nc(C3CC3)sc21. The molecule has 14 heavy (non-hydrogen) atoms. The maximum Gasteiger partial charge on any atom is 0.311 e. The fourth-order valence-electron chi connectivity index (χ4n) is 1.99. The molecule has 0 aliphatic heterocycles. The van der Waals surface area contributed by atoms with Gasteiger partial charge in [-0.15, -0.1) is 11.3 Å². The number of fused-ring (bicyclic) bond motifs is 1. The van der Waals surface area contributed by atoms with Crippen LogP contribution in [0.5, 0.6) is 0 Å². The van der Waals surface area contributed by atoms with Crippen LogP contribution in [0.4, 0.5) is 0 Å². The quantitative estimate of drug-likeness (QED) is 0.811. The molecule has 1 aromatic heterocycles. The minimum Gasteiger partial charge on any atom is -0.481 e. The third-order valence-electron chi connectivity index (χ3n) is 2.96. The first kappa shape index (κ1) is 8.41. The predicted octanol–water partition coefficient (Wildman–Crippen LogP) is 2.13. The summed E-state index contributed by atoms with van der Waals surface area (Å²) in [5, 5.41) is 10.2. The molecule has 74 valence electrons. The Balaban J connectivity index is 1.97. The van der Waals surface area contributed by atoms with Crippen molar-refractivity contribution < 1.29 is 9.90 Å². The topological polar surface area (TPSA) is 50.2 Å². The van der Waals surface area contributed by atoms with Crippen molar-refractivity contribution in [2.24, 2.45) is 0 Å². The van der Waals surface area contributed by atoms with E-state index in [-0.39, 0.29) is 5.92 Å². The third kappa shape index (κ3) is 1.17. The maximum atomic E-state index is 10.9. The Labute approximate surface area is 85.8 Å². The summed E-state index contributed by atoms with van der Waals surface area (Å²) in [6.45, 7) is 0. The van der Waals surface area contributed by atoms with Crippen LogP contribution in [-0.2, 0) is 11.2 Å². The van der Waals surface area contributed by atoms with E-state index in [1.54, 1.807) is 11.3 Å². The number of hydrogen-bond donors (Lipinski definition) is 1. The normalized spacial score (nSPS) is 25.0. The van der Waals surface area contributed by atoms with Crippen LogP contribution in [0.25, 0.3) is 0 Å². The number of rotatable bonds is 2. The van der Waals surface area contributed by atoms with Crippen molar-refractivity contribution in [2.75, 3.05) is 0 Å². The van der Waals surface area contributed by atoms with Gasteiger partial charge in [0.1, 0.15) is 0 Å². The number of aryl methyl sites for hydroxylation is 1. The fraction of sp³-hybridized carbons (Fsp3) is 0.600. The highest BCUT2D eigenvalue weighted by molar-refractivity contribution is 7.12.